The molecular formula is C29H38N4O5. The van der Waals surface area contributed by atoms with Crippen LogP contribution in [-0.2, 0) is 22.6 Å². The lowest BCUT2D eigenvalue weighted by Gasteiger charge is -2.33. The lowest BCUT2D eigenvalue weighted by molar-refractivity contribution is -0.138. The smallest absolute Gasteiger partial charge is 0.248 e. The number of amides is 1. The summed E-state index contributed by atoms with van der Waals surface area (Å²) in [6, 6.07) is 17.4. The van der Waals surface area contributed by atoms with Crippen molar-refractivity contribution >= 4 is 5.91 Å². The molecule has 1 aliphatic rings. The molecule has 0 saturated carbocycles. The van der Waals surface area contributed by atoms with Gasteiger partial charge in [0.05, 0.1) is 19.3 Å². The molecule has 9 heteroatoms. The molecule has 2 heterocycles. The second-order valence-corrected chi connectivity index (χ2v) is 9.92. The zero-order valence-corrected chi connectivity index (χ0v) is 22.3. The normalized spacial score (nSPS) is 18.2. The summed E-state index contributed by atoms with van der Waals surface area (Å²) in [6.45, 7) is 5.77. The van der Waals surface area contributed by atoms with Crippen molar-refractivity contribution in [3.63, 3.8) is 0 Å². The van der Waals surface area contributed by atoms with Crippen LogP contribution in [0, 0.1) is 6.92 Å². The molecule has 1 aliphatic heterocycles. The van der Waals surface area contributed by atoms with Gasteiger partial charge in [0.25, 0.3) is 0 Å². The van der Waals surface area contributed by atoms with Crippen molar-refractivity contribution in [1.29, 1.82) is 0 Å². The second-order valence-electron chi connectivity index (χ2n) is 9.92. The van der Waals surface area contributed by atoms with Crippen molar-refractivity contribution in [2.24, 2.45) is 0 Å². The van der Waals surface area contributed by atoms with Gasteiger partial charge in [-0.25, -0.2) is 0 Å². The number of aliphatic hydroxyl groups is 1. The zero-order chi connectivity index (χ0) is 26.8. The molecule has 4 rings (SSSR count). The quantitative estimate of drug-likeness (QED) is 0.366. The van der Waals surface area contributed by atoms with E-state index in [0.717, 1.165) is 29.8 Å². The standard InChI is InChI=1S/C29H38N4O5/c1-24-17-30-33(18-24)12-7-15-37-27-11-6-8-25(16-27)19-31-13-14-32(28(34)20-36-2)22-29(35,21-31)23-38-26-9-4-3-5-10-26/h3-6,8-11,16-18,35H,7,12-15,19-23H2,1-2H3/t29-/m0/s1. The molecule has 1 N–H and O–H groups in total. The van der Waals surface area contributed by atoms with Crippen LogP contribution in [0.15, 0.2) is 67.0 Å². The molecule has 0 radical (unpaired) electrons. The number of carbonyl (C=O) groups excluding carboxylic acids is 1. The maximum Gasteiger partial charge on any atom is 0.248 e. The molecule has 0 bridgehead atoms. The number of benzene rings is 2. The number of aromatic nitrogens is 2. The number of hydrogen-bond donors (Lipinski definition) is 1. The first-order chi connectivity index (χ1) is 18.4. The molecule has 0 spiro atoms. The van der Waals surface area contributed by atoms with Crippen molar-refractivity contribution in [3.05, 3.63) is 78.1 Å². The van der Waals surface area contributed by atoms with E-state index in [9.17, 15) is 9.90 Å². The monoisotopic (exact) mass is 522 g/mol. The Balaban J connectivity index is 1.37. The fraction of sp³-hybridized carbons (Fsp3) is 0.448. The summed E-state index contributed by atoms with van der Waals surface area (Å²) in [6.07, 6.45) is 4.74. The number of methoxy groups -OCH3 is 1. The molecule has 1 aromatic heterocycles. The first kappa shape index (κ1) is 27.6. The van der Waals surface area contributed by atoms with Crippen molar-refractivity contribution in [3.8, 4) is 11.5 Å². The van der Waals surface area contributed by atoms with E-state index in [0.29, 0.717) is 38.5 Å². The van der Waals surface area contributed by atoms with Gasteiger partial charge in [-0.15, -0.1) is 0 Å². The summed E-state index contributed by atoms with van der Waals surface area (Å²) in [5, 5.41) is 15.9. The number of nitrogens with zero attached hydrogens (tertiary/aromatic N) is 4. The van der Waals surface area contributed by atoms with Crippen LogP contribution in [0.3, 0.4) is 0 Å². The van der Waals surface area contributed by atoms with Crippen LogP contribution in [0.2, 0.25) is 0 Å². The van der Waals surface area contributed by atoms with E-state index in [-0.39, 0.29) is 25.7 Å². The summed E-state index contributed by atoms with van der Waals surface area (Å²) in [4.78, 5) is 16.5. The average molecular weight is 523 g/mol. The molecule has 2 aromatic carbocycles. The van der Waals surface area contributed by atoms with Gasteiger partial charge in [0.15, 0.2) is 0 Å². The highest BCUT2D eigenvalue weighted by atomic mass is 16.5. The molecular weight excluding hydrogens is 484 g/mol. The third-order valence-corrected chi connectivity index (χ3v) is 6.43. The highest BCUT2D eigenvalue weighted by Gasteiger charge is 2.37. The minimum atomic E-state index is -1.24. The van der Waals surface area contributed by atoms with Gasteiger partial charge in [0.2, 0.25) is 5.91 Å². The number of ether oxygens (including phenoxy) is 3. The van der Waals surface area contributed by atoms with E-state index in [1.165, 1.54) is 7.11 Å². The Morgan fingerprint density at radius 1 is 1.05 bits per heavy atom. The molecule has 1 atom stereocenters. The Bertz CT molecular complexity index is 1150. The molecule has 9 nitrogen and oxygen atoms in total. The van der Waals surface area contributed by atoms with Gasteiger partial charge in [0, 0.05) is 52.5 Å². The lowest BCUT2D eigenvalue weighted by atomic mass is 10.0. The number of aryl methyl sites for hydroxylation is 2. The maximum absolute atomic E-state index is 12.6. The Hall–Kier alpha value is -3.40. The summed E-state index contributed by atoms with van der Waals surface area (Å²) < 4.78 is 18.9. The van der Waals surface area contributed by atoms with Gasteiger partial charge in [-0.3, -0.25) is 14.4 Å². The van der Waals surface area contributed by atoms with Crippen LogP contribution >= 0.6 is 0 Å². The summed E-state index contributed by atoms with van der Waals surface area (Å²) in [5.74, 6) is 1.35. The van der Waals surface area contributed by atoms with Gasteiger partial charge in [-0.1, -0.05) is 30.3 Å². The van der Waals surface area contributed by atoms with Crippen LogP contribution in [0.5, 0.6) is 11.5 Å². The highest BCUT2D eigenvalue weighted by molar-refractivity contribution is 5.77. The van der Waals surface area contributed by atoms with Gasteiger partial charge in [-0.05, 0) is 42.3 Å². The molecule has 1 fully saturated rings. The highest BCUT2D eigenvalue weighted by Crippen LogP contribution is 2.21. The minimum absolute atomic E-state index is 0.0188. The maximum atomic E-state index is 12.6. The summed E-state index contributed by atoms with van der Waals surface area (Å²) in [7, 11) is 1.50. The van der Waals surface area contributed by atoms with E-state index < -0.39 is 5.60 Å². The second kappa shape index (κ2) is 13.4. The van der Waals surface area contributed by atoms with Crippen LogP contribution in [0.1, 0.15) is 17.5 Å². The predicted octanol–water partition coefficient (Wildman–Crippen LogP) is 2.76. The van der Waals surface area contributed by atoms with Crippen LogP contribution in [0.4, 0.5) is 0 Å². The Morgan fingerprint density at radius 2 is 1.87 bits per heavy atom. The molecule has 0 aliphatic carbocycles. The lowest BCUT2D eigenvalue weighted by Crippen LogP contribution is -2.52. The SMILES string of the molecule is COCC(=O)N1CCN(Cc2cccc(OCCCn3cc(C)cn3)c2)C[C@@](O)(COc2ccccc2)C1. The molecule has 1 saturated heterocycles. The fourth-order valence-corrected chi connectivity index (χ4v) is 4.63. The topological polar surface area (TPSA) is 89.3 Å². The number of rotatable bonds is 12. The van der Waals surface area contributed by atoms with E-state index in [2.05, 4.69) is 16.1 Å². The molecule has 0 unspecified atom stereocenters. The van der Waals surface area contributed by atoms with E-state index in [1.807, 2.05) is 72.5 Å². The predicted molar refractivity (Wildman–Crippen MR) is 144 cm³/mol. The minimum Gasteiger partial charge on any atom is -0.494 e. The third kappa shape index (κ3) is 8.31. The summed E-state index contributed by atoms with van der Waals surface area (Å²) >= 11 is 0. The number of para-hydroxylation sites is 1. The number of β-amino-alcohol motifs (C(OH)–C–C–N with tert-alkyl or cyclic N) is 1. The number of hydrogen-bond acceptors (Lipinski definition) is 7. The van der Waals surface area contributed by atoms with Crippen LogP contribution < -0.4 is 9.47 Å². The Kier molecular flexibility index (Phi) is 9.75. The van der Waals surface area contributed by atoms with Crippen LogP contribution in [-0.4, -0.2) is 89.3 Å². The van der Waals surface area contributed by atoms with E-state index in [1.54, 1.807) is 4.90 Å². The fourth-order valence-electron chi connectivity index (χ4n) is 4.63. The molecule has 1 amide bonds. The van der Waals surface area contributed by atoms with Crippen LogP contribution in [0.25, 0.3) is 0 Å². The first-order valence-corrected chi connectivity index (χ1v) is 13.0. The van der Waals surface area contributed by atoms with Gasteiger partial charge in [0.1, 0.15) is 30.3 Å². The molecule has 38 heavy (non-hydrogen) atoms. The number of carbonyl (C=O) groups is 1. The largest absolute Gasteiger partial charge is 0.494 e. The van der Waals surface area contributed by atoms with Gasteiger partial charge < -0.3 is 24.2 Å². The van der Waals surface area contributed by atoms with Crippen molar-refractivity contribution < 1.29 is 24.1 Å². The van der Waals surface area contributed by atoms with Gasteiger partial charge in [-0.2, -0.15) is 5.10 Å². The summed E-state index contributed by atoms with van der Waals surface area (Å²) in [5.41, 5.74) is 0.986. The Morgan fingerprint density at radius 3 is 2.63 bits per heavy atom. The zero-order valence-electron chi connectivity index (χ0n) is 22.3. The third-order valence-electron chi connectivity index (χ3n) is 6.43. The van der Waals surface area contributed by atoms with E-state index >= 15 is 0 Å². The van der Waals surface area contributed by atoms with Crippen molar-refractivity contribution in [2.45, 2.75) is 32.0 Å². The van der Waals surface area contributed by atoms with Crippen molar-refractivity contribution in [1.82, 2.24) is 19.6 Å². The first-order valence-electron chi connectivity index (χ1n) is 13.0. The van der Waals surface area contributed by atoms with E-state index in [4.69, 9.17) is 14.2 Å². The van der Waals surface area contributed by atoms with Crippen molar-refractivity contribution in [2.75, 3.05) is 53.1 Å². The molecule has 204 valence electrons. The average Bonchev–Trinajstić information content (AvgIpc) is 3.25. The molecule has 3 aromatic rings. The van der Waals surface area contributed by atoms with Gasteiger partial charge >= 0.3 is 0 Å². The Labute approximate surface area is 224 Å².